The van der Waals surface area contributed by atoms with Gasteiger partial charge in [-0.3, -0.25) is 9.59 Å². The molecular formula is C27H32N2O3. The molecule has 2 atom stereocenters. The number of carbonyl (C=O) groups excluding carboxylic acids is 2. The van der Waals surface area contributed by atoms with E-state index in [0.717, 1.165) is 37.1 Å². The summed E-state index contributed by atoms with van der Waals surface area (Å²) < 4.78 is 5.24. The van der Waals surface area contributed by atoms with Crippen LogP contribution in [0, 0.1) is 10.8 Å². The maximum absolute atomic E-state index is 13.8. The van der Waals surface area contributed by atoms with Crippen molar-refractivity contribution in [3.8, 4) is 5.75 Å². The van der Waals surface area contributed by atoms with Crippen molar-refractivity contribution in [1.29, 1.82) is 0 Å². The highest BCUT2D eigenvalue weighted by atomic mass is 16.5. The quantitative estimate of drug-likeness (QED) is 0.684. The number of hydrogen-bond acceptors (Lipinski definition) is 3. The maximum Gasteiger partial charge on any atom is 0.270 e. The Kier molecular flexibility index (Phi) is 5.85. The van der Waals surface area contributed by atoms with Gasteiger partial charge in [0.2, 0.25) is 0 Å². The first kappa shape index (κ1) is 22.1. The second-order valence-corrected chi connectivity index (χ2v) is 10.3. The molecule has 4 rings (SSSR count). The number of ether oxygens (including phenoxy) is 1. The second-order valence-electron chi connectivity index (χ2n) is 10.3. The zero-order chi connectivity index (χ0) is 22.9. The summed E-state index contributed by atoms with van der Waals surface area (Å²) in [6, 6.07) is 16.6. The molecule has 1 saturated heterocycles. The molecule has 168 valence electrons. The normalized spacial score (nSPS) is 24.2. The molecule has 1 aliphatic carbocycles. The van der Waals surface area contributed by atoms with Crippen molar-refractivity contribution in [3.05, 3.63) is 71.4 Å². The first-order chi connectivity index (χ1) is 15.2. The predicted octanol–water partition coefficient (Wildman–Crippen LogP) is 4.89. The van der Waals surface area contributed by atoms with Crippen molar-refractivity contribution in [3.63, 3.8) is 0 Å². The number of nitrogens with one attached hydrogen (secondary N) is 1. The van der Waals surface area contributed by atoms with Gasteiger partial charge in [0, 0.05) is 18.2 Å². The van der Waals surface area contributed by atoms with Crippen LogP contribution in [0.3, 0.4) is 0 Å². The van der Waals surface area contributed by atoms with Gasteiger partial charge in [0.05, 0.1) is 7.11 Å². The fourth-order valence-corrected chi connectivity index (χ4v) is 5.65. The number of carbonyl (C=O) groups is 2. The van der Waals surface area contributed by atoms with E-state index in [1.807, 2.05) is 47.4 Å². The Morgan fingerprint density at radius 1 is 1.03 bits per heavy atom. The Labute approximate surface area is 190 Å². The molecule has 1 heterocycles. The molecule has 0 aromatic heterocycles. The van der Waals surface area contributed by atoms with Gasteiger partial charge >= 0.3 is 0 Å². The lowest BCUT2D eigenvalue weighted by Gasteiger charge is -2.39. The number of hydrogen-bond donors (Lipinski definition) is 1. The summed E-state index contributed by atoms with van der Waals surface area (Å²) in [5.41, 5.74) is 1.99. The van der Waals surface area contributed by atoms with E-state index in [1.165, 1.54) is 0 Å². The summed E-state index contributed by atoms with van der Waals surface area (Å²) in [6.07, 6.45) is 4.87. The zero-order valence-electron chi connectivity index (χ0n) is 19.4. The van der Waals surface area contributed by atoms with Crippen LogP contribution in [0.15, 0.2) is 60.3 Å². The Morgan fingerprint density at radius 3 is 2.38 bits per heavy atom. The molecule has 2 aromatic rings. The fraction of sp³-hybridized carbons (Fsp3) is 0.407. The number of methoxy groups -OCH3 is 1. The maximum atomic E-state index is 13.8. The topological polar surface area (TPSA) is 58.6 Å². The third-order valence-corrected chi connectivity index (χ3v) is 6.62. The summed E-state index contributed by atoms with van der Waals surface area (Å²) in [5, 5.41) is 2.90. The number of rotatable bonds is 5. The molecule has 0 radical (unpaired) electrons. The summed E-state index contributed by atoms with van der Waals surface area (Å²) in [6.45, 7) is 7.58. The lowest BCUT2D eigenvalue weighted by atomic mass is 9.65. The van der Waals surface area contributed by atoms with Crippen LogP contribution in [0.5, 0.6) is 5.75 Å². The molecule has 2 aromatic carbocycles. The van der Waals surface area contributed by atoms with Crippen LogP contribution in [0.1, 0.15) is 56.0 Å². The molecule has 2 amide bonds. The van der Waals surface area contributed by atoms with Crippen molar-refractivity contribution < 1.29 is 14.3 Å². The van der Waals surface area contributed by atoms with E-state index in [4.69, 9.17) is 4.74 Å². The van der Waals surface area contributed by atoms with Gasteiger partial charge in [0.25, 0.3) is 11.8 Å². The highest BCUT2D eigenvalue weighted by Crippen LogP contribution is 2.52. The summed E-state index contributed by atoms with van der Waals surface area (Å²) in [5.74, 6) is 0.343. The minimum absolute atomic E-state index is 0.114. The van der Waals surface area contributed by atoms with Crippen molar-refractivity contribution in [2.45, 2.75) is 46.1 Å². The van der Waals surface area contributed by atoms with Gasteiger partial charge in [-0.05, 0) is 66.0 Å². The molecule has 5 heteroatoms. The lowest BCUT2D eigenvalue weighted by molar-refractivity contribution is -0.128. The van der Waals surface area contributed by atoms with Crippen LogP contribution in [0.25, 0.3) is 6.08 Å². The Morgan fingerprint density at radius 2 is 1.72 bits per heavy atom. The van der Waals surface area contributed by atoms with Crippen molar-refractivity contribution in [2.75, 3.05) is 13.7 Å². The van der Waals surface area contributed by atoms with Crippen LogP contribution >= 0.6 is 0 Å². The standard InChI is InChI=1S/C27H32N2O3/c1-26(2)15-21-16-27(3,17-26)18-29(21)25(31)23(14-19-10-12-22(32-4)13-11-19)28-24(30)20-8-6-5-7-9-20/h5-14,21H,15-18H2,1-4H3,(H,28,30)/b23-14+. The monoisotopic (exact) mass is 432 g/mol. The third-order valence-electron chi connectivity index (χ3n) is 6.62. The Bertz CT molecular complexity index is 1030. The van der Waals surface area contributed by atoms with E-state index in [-0.39, 0.29) is 28.7 Å². The van der Waals surface area contributed by atoms with Crippen molar-refractivity contribution in [2.24, 2.45) is 10.8 Å². The highest BCUT2D eigenvalue weighted by Gasteiger charge is 2.51. The van der Waals surface area contributed by atoms with Crippen LogP contribution in [0.2, 0.25) is 0 Å². The molecule has 0 spiro atoms. The summed E-state index contributed by atoms with van der Waals surface area (Å²) in [7, 11) is 1.62. The van der Waals surface area contributed by atoms with Crippen LogP contribution in [0.4, 0.5) is 0 Å². The molecule has 1 N–H and O–H groups in total. The Hall–Kier alpha value is -3.08. The fourth-order valence-electron chi connectivity index (χ4n) is 5.65. The van der Waals surface area contributed by atoms with Gasteiger partial charge in [-0.25, -0.2) is 0 Å². The average molecular weight is 433 g/mol. The Balaban J connectivity index is 1.64. The summed E-state index contributed by atoms with van der Waals surface area (Å²) in [4.78, 5) is 28.7. The molecule has 1 aliphatic heterocycles. The van der Waals surface area contributed by atoms with Crippen LogP contribution in [-0.2, 0) is 4.79 Å². The van der Waals surface area contributed by atoms with E-state index in [1.54, 1.807) is 25.3 Å². The van der Waals surface area contributed by atoms with E-state index >= 15 is 0 Å². The molecule has 2 bridgehead atoms. The van der Waals surface area contributed by atoms with E-state index in [0.29, 0.717) is 11.3 Å². The summed E-state index contributed by atoms with van der Waals surface area (Å²) >= 11 is 0. The van der Waals surface area contributed by atoms with Crippen LogP contribution in [-0.4, -0.2) is 36.4 Å². The average Bonchev–Trinajstić information content (AvgIpc) is 3.02. The largest absolute Gasteiger partial charge is 0.497 e. The van der Waals surface area contributed by atoms with E-state index < -0.39 is 0 Å². The molecule has 2 fully saturated rings. The first-order valence-corrected chi connectivity index (χ1v) is 11.2. The molecule has 1 saturated carbocycles. The van der Waals surface area contributed by atoms with Crippen molar-refractivity contribution in [1.82, 2.24) is 10.2 Å². The SMILES string of the molecule is COc1ccc(/C=C(/NC(=O)c2ccccc2)C(=O)N2CC3(C)CC2CC(C)(C)C3)cc1. The number of benzene rings is 2. The van der Waals surface area contributed by atoms with E-state index in [2.05, 4.69) is 26.1 Å². The number of likely N-dealkylation sites (tertiary alicyclic amines) is 1. The van der Waals surface area contributed by atoms with Gasteiger partial charge in [-0.15, -0.1) is 0 Å². The van der Waals surface area contributed by atoms with E-state index in [9.17, 15) is 9.59 Å². The first-order valence-electron chi connectivity index (χ1n) is 11.2. The van der Waals surface area contributed by atoms with Gasteiger partial charge in [-0.2, -0.15) is 0 Å². The smallest absolute Gasteiger partial charge is 0.270 e. The number of fused-ring (bicyclic) bond motifs is 2. The lowest BCUT2D eigenvalue weighted by Crippen LogP contribution is -2.42. The van der Waals surface area contributed by atoms with Gasteiger partial charge < -0.3 is 15.0 Å². The third kappa shape index (κ3) is 4.72. The molecule has 5 nitrogen and oxygen atoms in total. The zero-order valence-corrected chi connectivity index (χ0v) is 19.4. The second kappa shape index (κ2) is 8.45. The number of amides is 2. The molecular weight excluding hydrogens is 400 g/mol. The van der Waals surface area contributed by atoms with Gasteiger partial charge in [0.1, 0.15) is 11.4 Å². The minimum Gasteiger partial charge on any atom is -0.497 e. The van der Waals surface area contributed by atoms with Crippen molar-refractivity contribution >= 4 is 17.9 Å². The minimum atomic E-state index is -0.285. The predicted molar refractivity (Wildman–Crippen MR) is 126 cm³/mol. The van der Waals surface area contributed by atoms with Gasteiger partial charge in [-0.1, -0.05) is 51.1 Å². The highest BCUT2D eigenvalue weighted by molar-refractivity contribution is 6.05. The van der Waals surface area contributed by atoms with Crippen LogP contribution < -0.4 is 10.1 Å². The van der Waals surface area contributed by atoms with Gasteiger partial charge in [0.15, 0.2) is 0 Å². The molecule has 2 unspecified atom stereocenters. The number of nitrogens with zero attached hydrogens (tertiary/aromatic N) is 1. The molecule has 2 aliphatic rings. The molecule has 32 heavy (non-hydrogen) atoms.